The first-order chi connectivity index (χ1) is 11.0. The van der Waals surface area contributed by atoms with Gasteiger partial charge in [0.15, 0.2) is 11.5 Å². The molecule has 2 amide bonds. The first-order valence-corrected chi connectivity index (χ1v) is 7.99. The maximum absolute atomic E-state index is 12.0. The van der Waals surface area contributed by atoms with Crippen LogP contribution in [0, 0.1) is 0 Å². The molecule has 6 heteroatoms. The van der Waals surface area contributed by atoms with Gasteiger partial charge < -0.3 is 9.47 Å². The minimum Gasteiger partial charge on any atom is -0.493 e. The summed E-state index contributed by atoms with van der Waals surface area (Å²) in [5.74, 6) is 0.975. The Morgan fingerprint density at radius 2 is 2.09 bits per heavy atom. The molecule has 2 rings (SSSR count). The summed E-state index contributed by atoms with van der Waals surface area (Å²) in [6, 6.07) is 3.71. The minimum absolute atomic E-state index is 0.272. The molecule has 1 aromatic carbocycles. The average molecular weight is 333 g/mol. The van der Waals surface area contributed by atoms with Crippen molar-refractivity contribution in [3.8, 4) is 11.5 Å². The number of carbonyl (C=O) groups is 2. The highest BCUT2D eigenvalue weighted by Crippen LogP contribution is 2.36. The number of benzene rings is 1. The molecule has 122 valence electrons. The molecule has 0 bridgehead atoms. The Hall–Kier alpha value is -2.21. The van der Waals surface area contributed by atoms with Gasteiger partial charge in [0, 0.05) is 12.6 Å². The first-order valence-electron chi connectivity index (χ1n) is 7.18. The molecule has 1 aliphatic rings. The highest BCUT2D eigenvalue weighted by Gasteiger charge is 2.31. The lowest BCUT2D eigenvalue weighted by atomic mass is 10.0. The average Bonchev–Trinajstić information content (AvgIpc) is 2.75. The minimum atomic E-state index is -0.293. The normalized spacial score (nSPS) is 16.1. The molecule has 0 spiro atoms. The maximum atomic E-state index is 12.0. The van der Waals surface area contributed by atoms with Crippen LogP contribution in [0.15, 0.2) is 29.7 Å². The van der Waals surface area contributed by atoms with Crippen LogP contribution in [0.2, 0.25) is 0 Å². The molecule has 23 heavy (non-hydrogen) atoms. The molecule has 1 aliphatic heterocycles. The standard InChI is InChI=1S/C17H19NO4S/c1-5-7-12-8-11(9-13(22-6-2)15(12)21-4)10-14-16(19)18(3)17(20)23-14/h5,8-10H,1,6-7H2,2-4H3/b14-10-. The topological polar surface area (TPSA) is 55.8 Å². The summed E-state index contributed by atoms with van der Waals surface area (Å²) >= 11 is 0.931. The van der Waals surface area contributed by atoms with Crippen molar-refractivity contribution in [3.63, 3.8) is 0 Å². The molecule has 1 aromatic rings. The predicted molar refractivity (Wildman–Crippen MR) is 91.8 cm³/mol. The van der Waals surface area contributed by atoms with Gasteiger partial charge in [0.1, 0.15) is 0 Å². The number of allylic oxidation sites excluding steroid dienone is 1. The number of carbonyl (C=O) groups excluding carboxylic acids is 2. The molecule has 0 radical (unpaired) electrons. The molecule has 1 heterocycles. The molecule has 0 atom stereocenters. The summed E-state index contributed by atoms with van der Waals surface area (Å²) in [4.78, 5) is 25.1. The third-order valence-corrected chi connectivity index (χ3v) is 4.27. The van der Waals surface area contributed by atoms with Gasteiger partial charge in [-0.1, -0.05) is 6.08 Å². The lowest BCUT2D eigenvalue weighted by molar-refractivity contribution is -0.121. The molecule has 5 nitrogen and oxygen atoms in total. The van der Waals surface area contributed by atoms with Crippen LogP contribution in [0.4, 0.5) is 4.79 Å². The molecular formula is C17H19NO4S. The number of hydrogen-bond donors (Lipinski definition) is 0. The van der Waals surface area contributed by atoms with Gasteiger partial charge in [-0.3, -0.25) is 14.5 Å². The second-order valence-corrected chi connectivity index (χ2v) is 5.87. The van der Waals surface area contributed by atoms with Crippen molar-refractivity contribution in [2.45, 2.75) is 13.3 Å². The SMILES string of the molecule is C=CCc1cc(/C=C2\SC(=O)N(C)C2=O)cc(OCC)c1OC. The Balaban J connectivity index is 2.48. The molecule has 1 saturated heterocycles. The van der Waals surface area contributed by atoms with E-state index < -0.39 is 0 Å². The van der Waals surface area contributed by atoms with Crippen LogP contribution in [0.1, 0.15) is 18.1 Å². The Morgan fingerprint density at radius 3 is 2.61 bits per heavy atom. The monoisotopic (exact) mass is 333 g/mol. The lowest BCUT2D eigenvalue weighted by Gasteiger charge is -2.14. The van der Waals surface area contributed by atoms with E-state index in [2.05, 4.69) is 6.58 Å². The lowest BCUT2D eigenvalue weighted by Crippen LogP contribution is -2.22. The highest BCUT2D eigenvalue weighted by molar-refractivity contribution is 8.18. The fourth-order valence-electron chi connectivity index (χ4n) is 2.27. The smallest absolute Gasteiger partial charge is 0.293 e. The van der Waals surface area contributed by atoms with Crippen LogP contribution >= 0.6 is 11.8 Å². The molecule has 0 unspecified atom stereocenters. The van der Waals surface area contributed by atoms with E-state index in [-0.39, 0.29) is 11.1 Å². The maximum Gasteiger partial charge on any atom is 0.293 e. The number of thioether (sulfide) groups is 1. The van der Waals surface area contributed by atoms with Crippen LogP contribution in [0.5, 0.6) is 11.5 Å². The van der Waals surface area contributed by atoms with E-state index in [9.17, 15) is 9.59 Å². The fourth-order valence-corrected chi connectivity index (χ4v) is 3.09. The fraction of sp³-hybridized carbons (Fsp3) is 0.294. The summed E-state index contributed by atoms with van der Waals surface area (Å²) in [5.41, 5.74) is 1.69. The molecule has 1 fully saturated rings. The molecular weight excluding hydrogens is 314 g/mol. The van der Waals surface area contributed by atoms with Crippen molar-refractivity contribution in [1.29, 1.82) is 0 Å². The van der Waals surface area contributed by atoms with Gasteiger partial charge >= 0.3 is 0 Å². The zero-order chi connectivity index (χ0) is 17.0. The van der Waals surface area contributed by atoms with Crippen molar-refractivity contribution in [1.82, 2.24) is 4.90 Å². The van der Waals surface area contributed by atoms with E-state index in [4.69, 9.17) is 9.47 Å². The summed E-state index contributed by atoms with van der Waals surface area (Å²) in [5, 5.41) is -0.272. The van der Waals surface area contributed by atoms with Gasteiger partial charge in [-0.15, -0.1) is 6.58 Å². The number of nitrogens with zero attached hydrogens (tertiary/aromatic N) is 1. The van der Waals surface area contributed by atoms with Crippen molar-refractivity contribution >= 4 is 29.0 Å². The van der Waals surface area contributed by atoms with E-state index in [0.717, 1.165) is 27.8 Å². The molecule has 0 saturated carbocycles. The van der Waals surface area contributed by atoms with E-state index in [1.807, 2.05) is 13.0 Å². The van der Waals surface area contributed by atoms with E-state index in [1.54, 1.807) is 25.3 Å². The summed E-state index contributed by atoms with van der Waals surface area (Å²) < 4.78 is 11.1. The Morgan fingerprint density at radius 1 is 1.35 bits per heavy atom. The summed E-state index contributed by atoms with van der Waals surface area (Å²) in [7, 11) is 3.06. The second-order valence-electron chi connectivity index (χ2n) is 4.88. The van der Waals surface area contributed by atoms with Crippen LogP contribution in [0.25, 0.3) is 6.08 Å². The summed E-state index contributed by atoms with van der Waals surface area (Å²) in [6.45, 7) is 6.14. The van der Waals surface area contributed by atoms with Gasteiger partial charge in [-0.05, 0) is 48.9 Å². The van der Waals surface area contributed by atoms with Crippen molar-refractivity contribution < 1.29 is 19.1 Å². The van der Waals surface area contributed by atoms with Gasteiger partial charge in [0.05, 0.1) is 18.6 Å². The van der Waals surface area contributed by atoms with Crippen molar-refractivity contribution in [3.05, 3.63) is 40.8 Å². The number of methoxy groups -OCH3 is 1. The number of amides is 2. The zero-order valence-corrected chi connectivity index (χ0v) is 14.2. The number of likely N-dealkylation sites (N-methyl/N-ethyl adjacent to an activating group) is 1. The Labute approximate surface area is 139 Å². The molecule has 0 N–H and O–H groups in total. The summed E-state index contributed by atoms with van der Waals surface area (Å²) in [6.07, 6.45) is 4.08. The van der Waals surface area contributed by atoms with Crippen LogP contribution in [-0.2, 0) is 11.2 Å². The number of ether oxygens (including phenoxy) is 2. The predicted octanol–water partition coefficient (Wildman–Crippen LogP) is 3.49. The second kappa shape index (κ2) is 7.37. The van der Waals surface area contributed by atoms with Gasteiger partial charge in [-0.25, -0.2) is 0 Å². The van der Waals surface area contributed by atoms with Crippen molar-refractivity contribution in [2.24, 2.45) is 0 Å². The third-order valence-electron chi connectivity index (χ3n) is 3.31. The van der Waals surface area contributed by atoms with E-state index >= 15 is 0 Å². The van der Waals surface area contributed by atoms with Crippen molar-refractivity contribution in [2.75, 3.05) is 20.8 Å². The number of hydrogen-bond acceptors (Lipinski definition) is 5. The quantitative estimate of drug-likeness (QED) is 0.589. The molecule has 0 aliphatic carbocycles. The van der Waals surface area contributed by atoms with Crippen LogP contribution in [-0.4, -0.2) is 36.8 Å². The number of imide groups is 1. The highest BCUT2D eigenvalue weighted by atomic mass is 32.2. The van der Waals surface area contributed by atoms with Crippen LogP contribution in [0.3, 0.4) is 0 Å². The first kappa shape index (κ1) is 17.1. The van der Waals surface area contributed by atoms with Crippen LogP contribution < -0.4 is 9.47 Å². The van der Waals surface area contributed by atoms with E-state index in [1.165, 1.54) is 7.05 Å². The Kier molecular flexibility index (Phi) is 5.50. The van der Waals surface area contributed by atoms with Gasteiger partial charge in [-0.2, -0.15) is 0 Å². The molecule has 0 aromatic heterocycles. The van der Waals surface area contributed by atoms with Gasteiger partial charge in [0.2, 0.25) is 0 Å². The van der Waals surface area contributed by atoms with Gasteiger partial charge in [0.25, 0.3) is 11.1 Å². The third kappa shape index (κ3) is 3.59. The largest absolute Gasteiger partial charge is 0.493 e. The van der Waals surface area contributed by atoms with E-state index in [0.29, 0.717) is 29.4 Å². The number of rotatable bonds is 6. The zero-order valence-electron chi connectivity index (χ0n) is 13.4. The Bertz CT molecular complexity index is 681.